The number of benzene rings is 1. The minimum Gasteiger partial charge on any atom is -0.384 e. The summed E-state index contributed by atoms with van der Waals surface area (Å²) in [6.45, 7) is 1.05. The van der Waals surface area contributed by atoms with Gasteiger partial charge < -0.3 is 5.32 Å². The van der Waals surface area contributed by atoms with Gasteiger partial charge in [0.25, 0.3) is 0 Å². The Labute approximate surface area is 82.4 Å². The van der Waals surface area contributed by atoms with Gasteiger partial charge in [0.1, 0.15) is 0 Å². The van der Waals surface area contributed by atoms with Crippen LogP contribution in [0.3, 0.4) is 0 Å². The summed E-state index contributed by atoms with van der Waals surface area (Å²) in [4.78, 5) is 0. The van der Waals surface area contributed by atoms with Crippen LogP contribution in [0.1, 0.15) is 5.56 Å². The molecule has 2 rings (SSSR count). The van der Waals surface area contributed by atoms with E-state index in [1.54, 1.807) is 0 Å². The standard InChI is InChI=1S/C8H7Br2N/c9-6-1-2-7(10)8-5(6)3-4-11-8/h1-2,11H,3-4H2. The van der Waals surface area contributed by atoms with Gasteiger partial charge in [0.05, 0.1) is 5.69 Å². The predicted molar refractivity (Wildman–Crippen MR) is 54.0 cm³/mol. The van der Waals surface area contributed by atoms with Crippen molar-refractivity contribution in [3.05, 3.63) is 26.6 Å². The van der Waals surface area contributed by atoms with Gasteiger partial charge in [-0.25, -0.2) is 0 Å². The van der Waals surface area contributed by atoms with E-state index in [0.717, 1.165) is 17.4 Å². The van der Waals surface area contributed by atoms with E-state index in [1.807, 2.05) is 0 Å². The van der Waals surface area contributed by atoms with E-state index in [1.165, 1.54) is 15.7 Å². The number of fused-ring (bicyclic) bond motifs is 1. The van der Waals surface area contributed by atoms with Crippen molar-refractivity contribution in [2.45, 2.75) is 6.42 Å². The molecule has 0 aliphatic carbocycles. The molecule has 1 N–H and O–H groups in total. The molecule has 0 unspecified atom stereocenters. The number of hydrogen-bond donors (Lipinski definition) is 1. The summed E-state index contributed by atoms with van der Waals surface area (Å²) in [5, 5.41) is 3.33. The molecule has 1 aliphatic heterocycles. The fraction of sp³-hybridized carbons (Fsp3) is 0.250. The molecule has 1 aromatic carbocycles. The second-order valence-corrected chi connectivity index (χ2v) is 4.27. The molecule has 1 heterocycles. The van der Waals surface area contributed by atoms with Crippen LogP contribution in [0.2, 0.25) is 0 Å². The summed E-state index contributed by atoms with van der Waals surface area (Å²) >= 11 is 7.02. The lowest BCUT2D eigenvalue weighted by atomic mass is 10.2. The zero-order valence-electron chi connectivity index (χ0n) is 5.82. The van der Waals surface area contributed by atoms with Crippen LogP contribution in [0.5, 0.6) is 0 Å². The minimum atomic E-state index is 1.05. The number of halogens is 2. The second-order valence-electron chi connectivity index (χ2n) is 2.56. The average molecular weight is 277 g/mol. The third kappa shape index (κ3) is 1.20. The topological polar surface area (TPSA) is 12.0 Å². The van der Waals surface area contributed by atoms with Crippen molar-refractivity contribution in [1.29, 1.82) is 0 Å². The molecule has 0 aromatic heterocycles. The molecule has 0 bridgehead atoms. The highest BCUT2D eigenvalue weighted by molar-refractivity contribution is 9.11. The Kier molecular flexibility index (Phi) is 1.93. The van der Waals surface area contributed by atoms with E-state index >= 15 is 0 Å². The molecular formula is C8H7Br2N. The smallest absolute Gasteiger partial charge is 0.0529 e. The molecule has 0 atom stereocenters. The Hall–Kier alpha value is -0.0200. The second kappa shape index (κ2) is 2.79. The van der Waals surface area contributed by atoms with E-state index < -0.39 is 0 Å². The highest BCUT2D eigenvalue weighted by Gasteiger charge is 2.15. The first-order valence-electron chi connectivity index (χ1n) is 3.50. The van der Waals surface area contributed by atoms with Crippen LogP contribution < -0.4 is 5.32 Å². The molecule has 3 heteroatoms. The summed E-state index contributed by atoms with van der Waals surface area (Å²) in [6, 6.07) is 4.14. The van der Waals surface area contributed by atoms with E-state index in [0.29, 0.717) is 0 Å². The van der Waals surface area contributed by atoms with Crippen LogP contribution in [-0.4, -0.2) is 6.54 Å². The molecule has 1 aliphatic rings. The number of nitrogens with one attached hydrogen (secondary N) is 1. The molecule has 1 aromatic rings. The molecule has 0 saturated carbocycles. The first-order chi connectivity index (χ1) is 5.29. The fourth-order valence-corrected chi connectivity index (χ4v) is 2.38. The largest absolute Gasteiger partial charge is 0.384 e. The lowest BCUT2D eigenvalue weighted by Gasteiger charge is -2.03. The van der Waals surface area contributed by atoms with Gasteiger partial charge >= 0.3 is 0 Å². The summed E-state index contributed by atoms with van der Waals surface area (Å²) in [5.41, 5.74) is 2.64. The normalized spacial score (nSPS) is 14.4. The Balaban J connectivity index is 2.64. The van der Waals surface area contributed by atoms with Gasteiger partial charge in [-0.05, 0) is 40.0 Å². The van der Waals surface area contributed by atoms with E-state index in [9.17, 15) is 0 Å². The Morgan fingerprint density at radius 3 is 2.64 bits per heavy atom. The van der Waals surface area contributed by atoms with Gasteiger partial charge in [0, 0.05) is 15.5 Å². The number of anilines is 1. The van der Waals surface area contributed by atoms with Gasteiger partial charge in [0.2, 0.25) is 0 Å². The van der Waals surface area contributed by atoms with Crippen molar-refractivity contribution in [2.75, 3.05) is 11.9 Å². The average Bonchev–Trinajstić information content (AvgIpc) is 2.45. The van der Waals surface area contributed by atoms with Crippen LogP contribution in [-0.2, 0) is 6.42 Å². The Morgan fingerprint density at radius 2 is 1.91 bits per heavy atom. The molecule has 1 nitrogen and oxygen atoms in total. The van der Waals surface area contributed by atoms with Crippen molar-refractivity contribution in [2.24, 2.45) is 0 Å². The highest BCUT2D eigenvalue weighted by atomic mass is 79.9. The maximum absolute atomic E-state index is 3.52. The number of rotatable bonds is 0. The zero-order valence-corrected chi connectivity index (χ0v) is 9.00. The quantitative estimate of drug-likeness (QED) is 0.768. The van der Waals surface area contributed by atoms with E-state index in [-0.39, 0.29) is 0 Å². The third-order valence-corrected chi connectivity index (χ3v) is 3.29. The molecule has 58 valence electrons. The molecule has 11 heavy (non-hydrogen) atoms. The summed E-state index contributed by atoms with van der Waals surface area (Å²) in [5.74, 6) is 0. The van der Waals surface area contributed by atoms with Gasteiger partial charge in [-0.3, -0.25) is 0 Å². The fourth-order valence-electron chi connectivity index (χ4n) is 1.34. The first-order valence-corrected chi connectivity index (χ1v) is 5.08. The summed E-state index contributed by atoms with van der Waals surface area (Å²) in [7, 11) is 0. The van der Waals surface area contributed by atoms with E-state index in [4.69, 9.17) is 0 Å². The molecule has 0 spiro atoms. The van der Waals surface area contributed by atoms with Crippen molar-refractivity contribution in [3.63, 3.8) is 0 Å². The summed E-state index contributed by atoms with van der Waals surface area (Å²) in [6.07, 6.45) is 1.12. The molecule has 0 radical (unpaired) electrons. The Morgan fingerprint density at radius 1 is 1.18 bits per heavy atom. The highest BCUT2D eigenvalue weighted by Crippen LogP contribution is 2.35. The van der Waals surface area contributed by atoms with Crippen LogP contribution >= 0.6 is 31.9 Å². The van der Waals surface area contributed by atoms with Gasteiger partial charge in [-0.15, -0.1) is 0 Å². The monoisotopic (exact) mass is 275 g/mol. The maximum Gasteiger partial charge on any atom is 0.0529 e. The lowest BCUT2D eigenvalue weighted by molar-refractivity contribution is 1.10. The van der Waals surface area contributed by atoms with Crippen molar-refractivity contribution < 1.29 is 0 Å². The Bertz CT molecular complexity index is 267. The summed E-state index contributed by atoms with van der Waals surface area (Å²) < 4.78 is 2.37. The third-order valence-electron chi connectivity index (χ3n) is 1.88. The van der Waals surface area contributed by atoms with Gasteiger partial charge in [-0.1, -0.05) is 15.9 Å². The van der Waals surface area contributed by atoms with Gasteiger partial charge in [0.15, 0.2) is 0 Å². The molecular weight excluding hydrogens is 270 g/mol. The molecule has 0 amide bonds. The first kappa shape index (κ1) is 7.62. The van der Waals surface area contributed by atoms with Crippen LogP contribution in [0.25, 0.3) is 0 Å². The maximum atomic E-state index is 3.52. The lowest BCUT2D eigenvalue weighted by Crippen LogP contribution is -1.91. The van der Waals surface area contributed by atoms with Crippen molar-refractivity contribution >= 4 is 37.5 Å². The molecule has 0 fully saturated rings. The van der Waals surface area contributed by atoms with Crippen LogP contribution in [0.4, 0.5) is 5.69 Å². The molecule has 0 saturated heterocycles. The van der Waals surface area contributed by atoms with Crippen molar-refractivity contribution in [1.82, 2.24) is 0 Å². The predicted octanol–water partition coefficient (Wildman–Crippen LogP) is 3.18. The minimum absolute atomic E-state index is 1.05. The SMILES string of the molecule is Brc1ccc(Br)c2c1CCN2. The van der Waals surface area contributed by atoms with E-state index in [2.05, 4.69) is 49.3 Å². The van der Waals surface area contributed by atoms with Crippen molar-refractivity contribution in [3.8, 4) is 0 Å². The van der Waals surface area contributed by atoms with Crippen LogP contribution in [0.15, 0.2) is 21.1 Å². The van der Waals surface area contributed by atoms with Gasteiger partial charge in [-0.2, -0.15) is 0 Å². The zero-order chi connectivity index (χ0) is 7.84. The van der Waals surface area contributed by atoms with Crippen LogP contribution in [0, 0.1) is 0 Å². The number of hydrogen-bond acceptors (Lipinski definition) is 1.